The third-order valence-corrected chi connectivity index (χ3v) is 2.77. The Morgan fingerprint density at radius 1 is 1.35 bits per heavy atom. The van der Waals surface area contributed by atoms with Crippen LogP contribution in [0.25, 0.3) is 0 Å². The Bertz CT molecular complexity index is 448. The summed E-state index contributed by atoms with van der Waals surface area (Å²) in [6, 6.07) is 4.40. The van der Waals surface area contributed by atoms with E-state index in [9.17, 15) is 14.0 Å². The summed E-state index contributed by atoms with van der Waals surface area (Å²) in [7, 11) is 0. The van der Waals surface area contributed by atoms with Gasteiger partial charge in [0, 0.05) is 31.6 Å². The molecule has 0 bridgehead atoms. The molecule has 0 saturated carbocycles. The molecule has 0 spiro atoms. The molecule has 0 radical (unpaired) electrons. The Kier molecular flexibility index (Phi) is 3.37. The van der Waals surface area contributed by atoms with Crippen LogP contribution in [-0.2, 0) is 4.79 Å². The average Bonchev–Trinajstić information content (AvgIpc) is 2.54. The standard InChI is InChI=1S/C12H13FN2O2/c13-10-3-1-2-9(8-16)12(10)15-6-4-11(17)14-5-7-15/h1-3,8H,4-7H2,(H,14,17). The third kappa shape index (κ3) is 2.43. The zero-order valence-electron chi connectivity index (χ0n) is 9.28. The van der Waals surface area contributed by atoms with Gasteiger partial charge in [0.2, 0.25) is 5.91 Å². The van der Waals surface area contributed by atoms with Crippen molar-refractivity contribution in [2.75, 3.05) is 24.5 Å². The van der Waals surface area contributed by atoms with Crippen LogP contribution in [0.3, 0.4) is 0 Å². The van der Waals surface area contributed by atoms with Gasteiger partial charge in [-0.1, -0.05) is 6.07 Å². The molecule has 1 aliphatic rings. The lowest BCUT2D eigenvalue weighted by Crippen LogP contribution is -2.29. The van der Waals surface area contributed by atoms with E-state index in [1.54, 1.807) is 11.0 Å². The van der Waals surface area contributed by atoms with Crippen molar-refractivity contribution in [3.63, 3.8) is 0 Å². The van der Waals surface area contributed by atoms with Gasteiger partial charge in [0.25, 0.3) is 0 Å². The Morgan fingerprint density at radius 2 is 2.18 bits per heavy atom. The van der Waals surface area contributed by atoms with E-state index in [2.05, 4.69) is 5.32 Å². The fourth-order valence-corrected chi connectivity index (χ4v) is 1.95. The normalized spacial score (nSPS) is 16.3. The van der Waals surface area contributed by atoms with Crippen LogP contribution in [0.15, 0.2) is 18.2 Å². The fraction of sp³-hybridized carbons (Fsp3) is 0.333. The quantitative estimate of drug-likeness (QED) is 0.778. The van der Waals surface area contributed by atoms with E-state index in [-0.39, 0.29) is 5.91 Å². The van der Waals surface area contributed by atoms with Gasteiger partial charge >= 0.3 is 0 Å². The summed E-state index contributed by atoms with van der Waals surface area (Å²) < 4.78 is 13.7. The number of amides is 1. The maximum atomic E-state index is 13.7. The molecule has 90 valence electrons. The van der Waals surface area contributed by atoms with Crippen molar-refractivity contribution in [3.8, 4) is 0 Å². The summed E-state index contributed by atoms with van der Waals surface area (Å²) in [5, 5.41) is 2.71. The highest BCUT2D eigenvalue weighted by molar-refractivity contribution is 5.85. The Balaban J connectivity index is 2.32. The number of rotatable bonds is 2. The summed E-state index contributed by atoms with van der Waals surface area (Å²) in [5.74, 6) is -0.472. The Labute approximate surface area is 98.4 Å². The molecule has 0 aromatic heterocycles. The lowest BCUT2D eigenvalue weighted by molar-refractivity contribution is -0.120. The van der Waals surface area contributed by atoms with E-state index < -0.39 is 5.82 Å². The van der Waals surface area contributed by atoms with Crippen LogP contribution < -0.4 is 10.2 Å². The highest BCUT2D eigenvalue weighted by Crippen LogP contribution is 2.23. The van der Waals surface area contributed by atoms with Crippen molar-refractivity contribution >= 4 is 17.9 Å². The molecular weight excluding hydrogens is 223 g/mol. The van der Waals surface area contributed by atoms with Crippen LogP contribution in [0.4, 0.5) is 10.1 Å². The van der Waals surface area contributed by atoms with Gasteiger partial charge in [-0.2, -0.15) is 0 Å². The lowest BCUT2D eigenvalue weighted by Gasteiger charge is -2.23. The molecular formula is C12H13FN2O2. The molecule has 1 saturated heterocycles. The van der Waals surface area contributed by atoms with E-state index in [0.29, 0.717) is 43.6 Å². The molecule has 1 aliphatic heterocycles. The Hall–Kier alpha value is -1.91. The minimum Gasteiger partial charge on any atom is -0.366 e. The summed E-state index contributed by atoms with van der Waals surface area (Å²) >= 11 is 0. The van der Waals surface area contributed by atoms with Crippen molar-refractivity contribution in [1.82, 2.24) is 5.32 Å². The molecule has 0 unspecified atom stereocenters. The number of para-hydroxylation sites is 1. The minimum absolute atomic E-state index is 0.0449. The zero-order chi connectivity index (χ0) is 12.3. The molecule has 1 aromatic rings. The topological polar surface area (TPSA) is 49.4 Å². The number of nitrogens with zero attached hydrogens (tertiary/aromatic N) is 1. The van der Waals surface area contributed by atoms with Gasteiger partial charge in [-0.15, -0.1) is 0 Å². The van der Waals surface area contributed by atoms with Gasteiger partial charge < -0.3 is 10.2 Å². The average molecular weight is 236 g/mol. The van der Waals surface area contributed by atoms with Crippen LogP contribution >= 0.6 is 0 Å². The second-order valence-corrected chi connectivity index (χ2v) is 3.88. The second kappa shape index (κ2) is 4.95. The molecule has 17 heavy (non-hydrogen) atoms. The molecule has 1 heterocycles. The summed E-state index contributed by atoms with van der Waals surface area (Å²) in [6.45, 7) is 1.40. The number of anilines is 1. The lowest BCUT2D eigenvalue weighted by atomic mass is 10.1. The molecule has 2 rings (SSSR count). The first-order chi connectivity index (χ1) is 8.22. The second-order valence-electron chi connectivity index (χ2n) is 3.88. The van der Waals surface area contributed by atoms with E-state index in [4.69, 9.17) is 0 Å². The Morgan fingerprint density at radius 3 is 2.94 bits per heavy atom. The number of hydrogen-bond donors (Lipinski definition) is 1. The van der Waals surface area contributed by atoms with Crippen molar-refractivity contribution in [2.24, 2.45) is 0 Å². The van der Waals surface area contributed by atoms with E-state index in [1.807, 2.05) is 0 Å². The molecule has 0 atom stereocenters. The predicted octanol–water partition coefficient (Wildman–Crippen LogP) is 0.964. The van der Waals surface area contributed by atoms with Gasteiger partial charge in [-0.3, -0.25) is 9.59 Å². The monoisotopic (exact) mass is 236 g/mol. The van der Waals surface area contributed by atoms with Crippen molar-refractivity contribution < 1.29 is 14.0 Å². The van der Waals surface area contributed by atoms with Crippen LogP contribution in [0.5, 0.6) is 0 Å². The number of nitrogens with one attached hydrogen (secondary N) is 1. The predicted molar refractivity (Wildman–Crippen MR) is 61.6 cm³/mol. The molecule has 5 heteroatoms. The first-order valence-electron chi connectivity index (χ1n) is 5.47. The molecule has 1 aromatic carbocycles. The van der Waals surface area contributed by atoms with Crippen LogP contribution in [0.2, 0.25) is 0 Å². The summed E-state index contributed by atoms with van der Waals surface area (Å²) in [4.78, 5) is 23.8. The minimum atomic E-state index is -0.427. The fourth-order valence-electron chi connectivity index (χ4n) is 1.95. The SMILES string of the molecule is O=Cc1cccc(F)c1N1CCNC(=O)CC1. The summed E-state index contributed by atoms with van der Waals surface area (Å²) in [5.41, 5.74) is 0.610. The first-order valence-corrected chi connectivity index (χ1v) is 5.47. The molecule has 1 fully saturated rings. The smallest absolute Gasteiger partial charge is 0.221 e. The number of carbonyl (C=O) groups excluding carboxylic acids is 2. The zero-order valence-corrected chi connectivity index (χ0v) is 9.28. The maximum Gasteiger partial charge on any atom is 0.221 e. The van der Waals surface area contributed by atoms with Crippen LogP contribution in [0.1, 0.15) is 16.8 Å². The van der Waals surface area contributed by atoms with Gasteiger partial charge in [0.15, 0.2) is 6.29 Å². The molecule has 4 nitrogen and oxygen atoms in total. The van der Waals surface area contributed by atoms with Gasteiger partial charge in [0.1, 0.15) is 5.82 Å². The molecule has 0 aliphatic carbocycles. The van der Waals surface area contributed by atoms with E-state index >= 15 is 0 Å². The highest BCUT2D eigenvalue weighted by Gasteiger charge is 2.19. The number of carbonyl (C=O) groups is 2. The number of halogens is 1. The highest BCUT2D eigenvalue weighted by atomic mass is 19.1. The maximum absolute atomic E-state index is 13.7. The number of benzene rings is 1. The third-order valence-electron chi connectivity index (χ3n) is 2.77. The van der Waals surface area contributed by atoms with Gasteiger partial charge in [0.05, 0.1) is 5.69 Å². The van der Waals surface area contributed by atoms with Crippen molar-refractivity contribution in [1.29, 1.82) is 0 Å². The number of hydrogen-bond acceptors (Lipinski definition) is 3. The molecule has 1 amide bonds. The van der Waals surface area contributed by atoms with Crippen LogP contribution in [0, 0.1) is 5.82 Å². The van der Waals surface area contributed by atoms with Gasteiger partial charge in [-0.25, -0.2) is 4.39 Å². The van der Waals surface area contributed by atoms with Crippen LogP contribution in [-0.4, -0.2) is 31.8 Å². The van der Waals surface area contributed by atoms with Crippen molar-refractivity contribution in [2.45, 2.75) is 6.42 Å². The first kappa shape index (κ1) is 11.6. The van der Waals surface area contributed by atoms with E-state index in [0.717, 1.165) is 0 Å². The number of aldehydes is 1. The summed E-state index contributed by atoms with van der Waals surface area (Å²) in [6.07, 6.45) is 0.950. The molecule has 1 N–H and O–H groups in total. The van der Waals surface area contributed by atoms with Crippen molar-refractivity contribution in [3.05, 3.63) is 29.6 Å². The largest absolute Gasteiger partial charge is 0.366 e. The van der Waals surface area contributed by atoms with Gasteiger partial charge in [-0.05, 0) is 12.1 Å². The van der Waals surface area contributed by atoms with E-state index in [1.165, 1.54) is 12.1 Å².